The molecule has 3 aromatic carbocycles. The second kappa shape index (κ2) is 7.95. The van der Waals surface area contributed by atoms with E-state index in [-0.39, 0.29) is 5.56 Å². The highest BCUT2D eigenvalue weighted by Crippen LogP contribution is 2.51. The number of carboxylic acid groups (broad SMARTS) is 1. The molecule has 186 valence electrons. The van der Waals surface area contributed by atoms with Crippen molar-refractivity contribution in [2.45, 2.75) is 51.4 Å². The molecule has 5 aliphatic heterocycles. The van der Waals surface area contributed by atoms with Crippen molar-refractivity contribution in [2.75, 3.05) is 31.1 Å². The summed E-state index contributed by atoms with van der Waals surface area (Å²) < 4.78 is 9.60. The predicted molar refractivity (Wildman–Crippen MR) is 142 cm³/mol. The van der Waals surface area contributed by atoms with Crippen molar-refractivity contribution in [3.63, 3.8) is 0 Å². The van der Waals surface area contributed by atoms with E-state index in [0.717, 1.165) is 105 Å². The highest BCUT2D eigenvalue weighted by molar-refractivity contribution is 6.00. The van der Waals surface area contributed by atoms with Crippen molar-refractivity contribution < 1.29 is 14.6 Å². The van der Waals surface area contributed by atoms with E-state index in [2.05, 4.69) is 21.6 Å². The van der Waals surface area contributed by atoms with Gasteiger partial charge in [0.25, 0.3) is 0 Å². The minimum Gasteiger partial charge on any atom is -0.545 e. The molecule has 0 N–H and O–H groups in total. The first-order valence-corrected chi connectivity index (χ1v) is 13.9. The van der Waals surface area contributed by atoms with Crippen LogP contribution in [0.4, 0.5) is 5.69 Å². The highest BCUT2D eigenvalue weighted by Gasteiger charge is 2.36. The summed E-state index contributed by atoms with van der Waals surface area (Å²) in [6, 6.07) is 9.70. The van der Waals surface area contributed by atoms with Crippen molar-refractivity contribution in [1.29, 1.82) is 0 Å². The summed E-state index contributed by atoms with van der Waals surface area (Å²) in [5.41, 5.74) is 9.77. The zero-order chi connectivity index (χ0) is 24.7. The van der Waals surface area contributed by atoms with E-state index in [1.54, 1.807) is 12.1 Å². The Morgan fingerprint density at radius 1 is 0.892 bits per heavy atom. The maximum Gasteiger partial charge on any atom is 0.210 e. The third-order valence-electron chi connectivity index (χ3n) is 9.11. The van der Waals surface area contributed by atoms with Gasteiger partial charge in [0.2, 0.25) is 5.36 Å². The molecule has 37 heavy (non-hydrogen) atoms. The maximum absolute atomic E-state index is 12.2. The van der Waals surface area contributed by atoms with E-state index in [4.69, 9.17) is 4.74 Å². The van der Waals surface area contributed by atoms with Gasteiger partial charge < -0.3 is 19.5 Å². The standard InChI is InChI=1S/C32H30N2O3/c35-32(36)22-9-2-1-8-21(22)27-23-10-4-15-34-16-6-12-25(29(23)34)31-26(27)18-20-17-19-7-3-13-33-14-5-11-24(28(19)33)30(20)37-31/h1-2,8-9,17-18H,3-7,10-16H2. The van der Waals surface area contributed by atoms with E-state index >= 15 is 0 Å². The van der Waals surface area contributed by atoms with Gasteiger partial charge in [-0.05, 0) is 67.4 Å². The Bertz CT molecular complexity index is 1650. The van der Waals surface area contributed by atoms with Crippen LogP contribution in [0, 0.1) is 0 Å². The first-order chi connectivity index (χ1) is 18.2. The molecule has 0 spiro atoms. The predicted octanol–water partition coefficient (Wildman–Crippen LogP) is 2.73. The van der Waals surface area contributed by atoms with E-state index < -0.39 is 5.97 Å². The van der Waals surface area contributed by atoms with Crippen LogP contribution in [0.2, 0.25) is 0 Å². The largest absolute Gasteiger partial charge is 0.545 e. The molecule has 0 unspecified atom stereocenters. The molecular weight excluding hydrogens is 460 g/mol. The lowest BCUT2D eigenvalue weighted by Crippen LogP contribution is -2.45. The third-order valence-corrected chi connectivity index (χ3v) is 9.11. The summed E-state index contributed by atoms with van der Waals surface area (Å²) >= 11 is 0. The van der Waals surface area contributed by atoms with Crippen molar-refractivity contribution in [1.82, 2.24) is 4.58 Å². The Morgan fingerprint density at radius 3 is 2.49 bits per heavy atom. The zero-order valence-electron chi connectivity index (χ0n) is 21.1. The quantitative estimate of drug-likeness (QED) is 0.406. The normalized spacial score (nSPS) is 18.6. The first kappa shape index (κ1) is 21.5. The molecule has 0 aliphatic carbocycles. The van der Waals surface area contributed by atoms with Crippen molar-refractivity contribution in [3.8, 4) is 22.6 Å². The average molecular weight is 491 g/mol. The Labute approximate surface area is 216 Å². The van der Waals surface area contributed by atoms with E-state index in [0.29, 0.717) is 0 Å². The molecule has 5 heteroatoms. The summed E-state index contributed by atoms with van der Waals surface area (Å²) in [7, 11) is 0. The van der Waals surface area contributed by atoms with Gasteiger partial charge in [0, 0.05) is 59.1 Å². The Morgan fingerprint density at radius 2 is 1.65 bits per heavy atom. The number of carbonyl (C=O) groups is 1. The average Bonchev–Trinajstić information content (AvgIpc) is 2.93. The van der Waals surface area contributed by atoms with E-state index in [1.165, 1.54) is 39.7 Å². The Balaban J connectivity index is 1.50. The van der Waals surface area contributed by atoms with Crippen LogP contribution in [-0.4, -0.2) is 32.1 Å². The van der Waals surface area contributed by atoms with Gasteiger partial charge in [0.15, 0.2) is 0 Å². The second-order valence-corrected chi connectivity index (χ2v) is 11.2. The molecule has 8 rings (SSSR count). The van der Waals surface area contributed by atoms with E-state index in [1.807, 2.05) is 12.1 Å². The lowest BCUT2D eigenvalue weighted by molar-refractivity contribution is -0.254. The van der Waals surface area contributed by atoms with Crippen molar-refractivity contribution in [3.05, 3.63) is 74.3 Å². The number of hydrogen-bond acceptors (Lipinski definition) is 4. The van der Waals surface area contributed by atoms with Gasteiger partial charge in [0.05, 0.1) is 11.5 Å². The maximum atomic E-state index is 12.2. The fourth-order valence-electron chi connectivity index (χ4n) is 7.72. The molecule has 5 nitrogen and oxygen atoms in total. The van der Waals surface area contributed by atoms with Gasteiger partial charge in [-0.2, -0.15) is 0 Å². The fraction of sp³-hybridized carbons (Fsp3) is 0.375. The van der Waals surface area contributed by atoms with Gasteiger partial charge in [-0.3, -0.25) is 0 Å². The lowest BCUT2D eigenvalue weighted by atomic mass is 9.80. The van der Waals surface area contributed by atoms with Gasteiger partial charge in [-0.25, -0.2) is 4.58 Å². The third kappa shape index (κ3) is 3.03. The molecule has 0 fully saturated rings. The number of carboxylic acids is 1. The van der Waals surface area contributed by atoms with Gasteiger partial charge >= 0.3 is 0 Å². The fourth-order valence-corrected chi connectivity index (χ4v) is 7.72. The second-order valence-electron chi connectivity index (χ2n) is 11.2. The van der Waals surface area contributed by atoms with Gasteiger partial charge in [0.1, 0.15) is 24.6 Å². The monoisotopic (exact) mass is 490 g/mol. The van der Waals surface area contributed by atoms with Gasteiger partial charge in [-0.1, -0.05) is 24.3 Å². The number of ether oxygens (including phenoxy) is 1. The van der Waals surface area contributed by atoms with Gasteiger partial charge in [-0.15, -0.1) is 0 Å². The SMILES string of the molecule is O=C([O-])c1ccccc1-c1c2c(c3c4c1CCCN4CCC3)Oc1c3c4c(cc1=C2)CCC[N+]=4CCC3. The molecule has 0 aromatic heterocycles. The molecule has 0 amide bonds. The molecule has 5 heterocycles. The summed E-state index contributed by atoms with van der Waals surface area (Å²) in [4.78, 5) is 14.8. The summed E-state index contributed by atoms with van der Waals surface area (Å²) in [6.45, 7) is 4.37. The number of hydrogen-bond donors (Lipinski definition) is 0. The Hall–Kier alpha value is -3.60. The van der Waals surface area contributed by atoms with Crippen LogP contribution in [0.3, 0.4) is 0 Å². The minimum atomic E-state index is -1.13. The summed E-state index contributed by atoms with van der Waals surface area (Å²) in [6.07, 6.45) is 11.0. The number of aryl methyl sites for hydroxylation is 1. The number of nitrogens with zero attached hydrogens (tertiary/aromatic N) is 2. The number of carbonyl (C=O) groups excluding carboxylic acids is 1. The molecule has 0 saturated heterocycles. The smallest absolute Gasteiger partial charge is 0.210 e. The first-order valence-electron chi connectivity index (χ1n) is 13.9. The van der Waals surface area contributed by atoms with Crippen LogP contribution in [0.5, 0.6) is 11.5 Å². The molecule has 5 aliphatic rings. The minimum absolute atomic E-state index is 0.254. The van der Waals surface area contributed by atoms with E-state index in [9.17, 15) is 9.90 Å². The number of benzene rings is 3. The van der Waals surface area contributed by atoms with Crippen molar-refractivity contribution in [2.24, 2.45) is 0 Å². The topological polar surface area (TPSA) is 55.6 Å². The zero-order valence-corrected chi connectivity index (χ0v) is 21.1. The highest BCUT2D eigenvalue weighted by atomic mass is 16.5. The molecule has 3 aromatic rings. The van der Waals surface area contributed by atoms with Crippen LogP contribution >= 0.6 is 0 Å². The number of aromatic carboxylic acids is 1. The summed E-state index contributed by atoms with van der Waals surface area (Å²) in [5.74, 6) is 0.851. The van der Waals surface area contributed by atoms with Crippen LogP contribution in [0.25, 0.3) is 17.2 Å². The molecule has 0 saturated carbocycles. The van der Waals surface area contributed by atoms with Crippen LogP contribution < -0.4 is 29.9 Å². The number of fused-ring (bicyclic) bond motifs is 4. The Kier molecular flexibility index (Phi) is 4.61. The van der Waals surface area contributed by atoms with Crippen LogP contribution in [0.15, 0.2) is 30.3 Å². The number of rotatable bonds is 2. The van der Waals surface area contributed by atoms with Crippen LogP contribution in [-0.2, 0) is 25.7 Å². The van der Waals surface area contributed by atoms with Crippen LogP contribution in [0.1, 0.15) is 63.9 Å². The molecule has 0 atom stereocenters. The summed E-state index contributed by atoms with van der Waals surface area (Å²) in [5, 5.41) is 14.8. The number of anilines is 1. The lowest BCUT2D eigenvalue weighted by Gasteiger charge is -2.40. The molecule has 0 radical (unpaired) electrons. The molecule has 0 bridgehead atoms. The molecular formula is C32H30N2O3. The van der Waals surface area contributed by atoms with Crippen molar-refractivity contribution >= 4 is 17.7 Å².